The van der Waals surface area contributed by atoms with Crippen LogP contribution in [0.15, 0.2) is 40.9 Å². The molecule has 170 valence electrons. The van der Waals surface area contributed by atoms with Gasteiger partial charge in [0.15, 0.2) is 11.5 Å². The minimum atomic E-state index is -0.463. The number of hydrogen-bond acceptors (Lipinski definition) is 5. The van der Waals surface area contributed by atoms with Crippen molar-refractivity contribution >= 4 is 33.3 Å². The Kier molecular flexibility index (Phi) is 10.8. The number of allylic oxidation sites excluding steroid dienone is 1. The summed E-state index contributed by atoms with van der Waals surface area (Å²) in [7, 11) is 0. The van der Waals surface area contributed by atoms with Crippen LogP contribution < -0.4 is 9.47 Å². The van der Waals surface area contributed by atoms with Gasteiger partial charge in [-0.2, -0.15) is 5.26 Å². The fourth-order valence-corrected chi connectivity index (χ4v) is 3.81. The molecule has 2 aromatic rings. The molecule has 0 amide bonds. The molecule has 0 aliphatic heterocycles. The summed E-state index contributed by atoms with van der Waals surface area (Å²) < 4.78 is 12.6. The minimum Gasteiger partial charge on any atom is -0.490 e. The molecule has 32 heavy (non-hydrogen) atoms. The van der Waals surface area contributed by atoms with Gasteiger partial charge in [-0.1, -0.05) is 39.0 Å². The summed E-state index contributed by atoms with van der Waals surface area (Å²) in [6.07, 6.45) is 8.86. The molecule has 6 nitrogen and oxygen atoms in total. The van der Waals surface area contributed by atoms with Crippen molar-refractivity contribution in [3.8, 4) is 17.6 Å². The molecule has 0 heterocycles. The molecule has 2 rings (SSSR count). The third-order valence-corrected chi connectivity index (χ3v) is 5.49. The summed E-state index contributed by atoms with van der Waals surface area (Å²) in [5, 5.41) is 20.5. The van der Waals surface area contributed by atoms with Crippen LogP contribution in [0.3, 0.4) is 0 Å². The third kappa shape index (κ3) is 7.69. The lowest BCUT2D eigenvalue weighted by Gasteiger charge is -2.15. The van der Waals surface area contributed by atoms with E-state index in [4.69, 9.17) is 9.47 Å². The Morgan fingerprint density at radius 1 is 1.09 bits per heavy atom. The normalized spacial score (nSPS) is 11.1. The maximum atomic E-state index is 10.9. The number of ether oxygens (including phenoxy) is 2. The van der Waals surface area contributed by atoms with E-state index in [1.54, 1.807) is 18.2 Å². The molecule has 0 radical (unpaired) electrons. The number of non-ortho nitro benzene ring substituents is 1. The number of hydrogen-bond donors (Lipinski definition) is 0. The van der Waals surface area contributed by atoms with E-state index in [1.807, 2.05) is 19.1 Å². The van der Waals surface area contributed by atoms with E-state index < -0.39 is 4.92 Å². The quantitative estimate of drug-likeness (QED) is 0.0930. The van der Waals surface area contributed by atoms with Gasteiger partial charge in [-0.3, -0.25) is 10.1 Å². The summed E-state index contributed by atoms with van der Waals surface area (Å²) in [4.78, 5) is 10.4. The molecule has 0 bridgehead atoms. The van der Waals surface area contributed by atoms with Gasteiger partial charge in [-0.15, -0.1) is 0 Å². The van der Waals surface area contributed by atoms with E-state index in [2.05, 4.69) is 28.9 Å². The van der Waals surface area contributed by atoms with Gasteiger partial charge in [-0.25, -0.2) is 0 Å². The average Bonchev–Trinajstić information content (AvgIpc) is 2.78. The molecular formula is C25H29BrN2O4. The van der Waals surface area contributed by atoms with Crippen molar-refractivity contribution in [2.24, 2.45) is 0 Å². The monoisotopic (exact) mass is 500 g/mol. The Morgan fingerprint density at radius 2 is 1.78 bits per heavy atom. The highest BCUT2D eigenvalue weighted by molar-refractivity contribution is 9.10. The van der Waals surface area contributed by atoms with Crippen LogP contribution in [0.2, 0.25) is 0 Å². The van der Waals surface area contributed by atoms with E-state index in [0.29, 0.717) is 35.8 Å². The number of benzene rings is 2. The number of halogens is 1. The number of nitriles is 1. The Morgan fingerprint density at radius 3 is 2.41 bits per heavy atom. The maximum Gasteiger partial charge on any atom is 0.269 e. The first-order valence-electron chi connectivity index (χ1n) is 11.0. The first-order chi connectivity index (χ1) is 15.5. The van der Waals surface area contributed by atoms with Crippen LogP contribution in [0, 0.1) is 21.4 Å². The SMILES string of the molecule is CCCCCCCCOc1c(Br)cc(/C=C(\C#N)c2ccc([N+](=O)[O-])cc2)cc1OCC. The van der Waals surface area contributed by atoms with Crippen molar-refractivity contribution in [2.75, 3.05) is 13.2 Å². The molecule has 2 aromatic carbocycles. The molecular weight excluding hydrogens is 472 g/mol. The zero-order valence-corrected chi connectivity index (χ0v) is 20.2. The standard InChI is InChI=1S/C25H29BrN2O4/c1-3-5-6-7-8-9-14-32-25-23(26)16-19(17-24(25)31-4-2)15-21(18-27)20-10-12-22(13-11-20)28(29)30/h10-13,15-17H,3-9,14H2,1-2H3/b21-15+. The van der Waals surface area contributed by atoms with E-state index in [0.717, 1.165) is 22.9 Å². The van der Waals surface area contributed by atoms with Crippen LogP contribution in [0.1, 0.15) is 63.5 Å². The second kappa shape index (κ2) is 13.5. The zero-order valence-electron chi connectivity index (χ0n) is 18.6. The lowest BCUT2D eigenvalue weighted by Crippen LogP contribution is -2.02. The maximum absolute atomic E-state index is 10.9. The molecule has 7 heteroatoms. The van der Waals surface area contributed by atoms with Crippen LogP contribution in [-0.4, -0.2) is 18.1 Å². The third-order valence-electron chi connectivity index (χ3n) is 4.90. The lowest BCUT2D eigenvalue weighted by atomic mass is 10.0. The fourth-order valence-electron chi connectivity index (χ4n) is 3.24. The van der Waals surface area contributed by atoms with Crippen molar-refractivity contribution < 1.29 is 14.4 Å². The second-order valence-electron chi connectivity index (χ2n) is 7.35. The summed E-state index contributed by atoms with van der Waals surface area (Å²) >= 11 is 3.57. The first kappa shape index (κ1) is 25.4. The summed E-state index contributed by atoms with van der Waals surface area (Å²) in [5.41, 5.74) is 1.76. The van der Waals surface area contributed by atoms with Crippen molar-refractivity contribution in [1.82, 2.24) is 0 Å². The van der Waals surface area contributed by atoms with Crippen molar-refractivity contribution in [3.63, 3.8) is 0 Å². The molecule has 0 spiro atoms. The Hall–Kier alpha value is -2.85. The van der Waals surface area contributed by atoms with E-state index in [-0.39, 0.29) is 5.69 Å². The molecule has 0 aliphatic carbocycles. The Bertz CT molecular complexity index is 965. The highest BCUT2D eigenvalue weighted by atomic mass is 79.9. The van der Waals surface area contributed by atoms with E-state index >= 15 is 0 Å². The highest BCUT2D eigenvalue weighted by Crippen LogP contribution is 2.38. The minimum absolute atomic E-state index is 0.0146. The number of nitro groups is 1. The topological polar surface area (TPSA) is 85.4 Å². The smallest absolute Gasteiger partial charge is 0.269 e. The zero-order chi connectivity index (χ0) is 23.3. The van der Waals surface area contributed by atoms with Gasteiger partial charge in [0.1, 0.15) is 0 Å². The van der Waals surface area contributed by atoms with Gasteiger partial charge in [0.25, 0.3) is 5.69 Å². The van der Waals surface area contributed by atoms with Crippen molar-refractivity contribution in [2.45, 2.75) is 52.4 Å². The predicted octanol–water partition coefficient (Wildman–Crippen LogP) is 7.56. The highest BCUT2D eigenvalue weighted by Gasteiger charge is 2.13. The molecule has 0 N–H and O–H groups in total. The number of nitrogens with zero attached hydrogens (tertiary/aromatic N) is 2. The van der Waals surface area contributed by atoms with Crippen LogP contribution >= 0.6 is 15.9 Å². The molecule has 0 saturated carbocycles. The van der Waals surface area contributed by atoms with Gasteiger partial charge in [0.2, 0.25) is 0 Å². The average molecular weight is 501 g/mol. The number of nitro benzene ring substituents is 1. The van der Waals surface area contributed by atoms with Gasteiger partial charge in [0.05, 0.1) is 34.3 Å². The predicted molar refractivity (Wildman–Crippen MR) is 131 cm³/mol. The number of rotatable bonds is 13. The molecule has 0 fully saturated rings. The van der Waals surface area contributed by atoms with Crippen LogP contribution in [0.4, 0.5) is 5.69 Å². The van der Waals surface area contributed by atoms with Crippen molar-refractivity contribution in [3.05, 3.63) is 62.1 Å². The van der Waals surface area contributed by atoms with Gasteiger partial charge in [0, 0.05) is 12.1 Å². The summed E-state index contributed by atoms with van der Waals surface area (Å²) in [5.74, 6) is 1.27. The van der Waals surface area contributed by atoms with Gasteiger partial charge < -0.3 is 9.47 Å². The lowest BCUT2D eigenvalue weighted by molar-refractivity contribution is -0.384. The second-order valence-corrected chi connectivity index (χ2v) is 8.21. The summed E-state index contributed by atoms with van der Waals surface area (Å²) in [6.45, 7) is 5.22. The van der Waals surface area contributed by atoms with Gasteiger partial charge in [-0.05, 0) is 70.7 Å². The number of unbranched alkanes of at least 4 members (excludes halogenated alkanes) is 5. The van der Waals surface area contributed by atoms with E-state index in [9.17, 15) is 15.4 Å². The molecule has 0 aliphatic rings. The van der Waals surface area contributed by atoms with Crippen molar-refractivity contribution in [1.29, 1.82) is 5.26 Å². The summed E-state index contributed by atoms with van der Waals surface area (Å²) in [6, 6.07) is 11.8. The van der Waals surface area contributed by atoms with Gasteiger partial charge >= 0.3 is 0 Å². The molecule has 0 aromatic heterocycles. The van der Waals surface area contributed by atoms with E-state index in [1.165, 1.54) is 37.8 Å². The van der Waals surface area contributed by atoms with Crippen LogP contribution in [0.5, 0.6) is 11.5 Å². The van der Waals surface area contributed by atoms with Crippen LogP contribution in [-0.2, 0) is 0 Å². The molecule has 0 atom stereocenters. The Labute approximate surface area is 198 Å². The van der Waals surface area contributed by atoms with Crippen LogP contribution in [0.25, 0.3) is 11.6 Å². The fraction of sp³-hybridized carbons (Fsp3) is 0.400. The Balaban J connectivity index is 2.17. The molecule has 0 saturated heterocycles. The molecule has 0 unspecified atom stereocenters. The first-order valence-corrected chi connectivity index (χ1v) is 11.7. The largest absolute Gasteiger partial charge is 0.490 e.